The Kier molecular flexibility index (Phi) is 4.55. The first kappa shape index (κ1) is 11.1. The van der Waals surface area contributed by atoms with Crippen LogP contribution in [0.1, 0.15) is 6.42 Å². The number of nitrogens with two attached hydrogens (primary N) is 1. The molecule has 1 heterocycles. The maximum Gasteiger partial charge on any atom is 0.255 e. The summed E-state index contributed by atoms with van der Waals surface area (Å²) in [6.45, 7) is 0. The zero-order valence-corrected chi connectivity index (χ0v) is 8.96. The van der Waals surface area contributed by atoms with Crippen molar-refractivity contribution in [3.63, 3.8) is 0 Å². The normalized spacial score (nSPS) is 12.4. The molecule has 0 radical (unpaired) electrons. The summed E-state index contributed by atoms with van der Waals surface area (Å²) in [6.07, 6.45) is 6.23. The van der Waals surface area contributed by atoms with E-state index in [-0.39, 0.29) is 5.91 Å². The molecule has 1 amide bonds. The molecule has 1 aromatic heterocycles. The molecule has 0 aliphatic carbocycles. The van der Waals surface area contributed by atoms with E-state index in [9.17, 15) is 4.79 Å². The Bertz CT molecular complexity index is 274. The predicted octanol–water partition coefficient (Wildman–Crippen LogP) is 0.639. The molecular formula is C9H15N3OS. The van der Waals surface area contributed by atoms with E-state index in [2.05, 4.69) is 5.43 Å². The zero-order valence-electron chi connectivity index (χ0n) is 8.14. The Morgan fingerprint density at radius 1 is 1.57 bits per heavy atom. The second kappa shape index (κ2) is 5.72. The van der Waals surface area contributed by atoms with Gasteiger partial charge in [0, 0.05) is 12.4 Å². The highest BCUT2D eigenvalue weighted by molar-refractivity contribution is 7.98. The molecule has 78 valence electrons. The van der Waals surface area contributed by atoms with E-state index >= 15 is 0 Å². The van der Waals surface area contributed by atoms with Crippen LogP contribution in [0.25, 0.3) is 0 Å². The number of carbonyl (C=O) groups is 1. The van der Waals surface area contributed by atoms with Crippen molar-refractivity contribution < 1.29 is 4.79 Å². The minimum absolute atomic E-state index is 0.143. The lowest BCUT2D eigenvalue weighted by molar-refractivity contribution is -0.118. The summed E-state index contributed by atoms with van der Waals surface area (Å²) in [5.41, 5.74) is 8.36. The van der Waals surface area contributed by atoms with Gasteiger partial charge in [0.1, 0.15) is 0 Å². The lowest BCUT2D eigenvalue weighted by atomic mass is 10.2. The molecule has 3 N–H and O–H groups in total. The minimum atomic E-state index is -0.426. The number of hydrogen-bond acceptors (Lipinski definition) is 3. The van der Waals surface area contributed by atoms with Crippen molar-refractivity contribution in [1.29, 1.82) is 0 Å². The molecule has 0 saturated carbocycles. The van der Waals surface area contributed by atoms with E-state index in [4.69, 9.17) is 5.73 Å². The van der Waals surface area contributed by atoms with Gasteiger partial charge in [0.15, 0.2) is 0 Å². The Balaban J connectivity index is 2.34. The van der Waals surface area contributed by atoms with Gasteiger partial charge in [0.2, 0.25) is 0 Å². The highest BCUT2D eigenvalue weighted by Crippen LogP contribution is 1.99. The van der Waals surface area contributed by atoms with Crippen LogP contribution >= 0.6 is 11.8 Å². The fourth-order valence-corrected chi connectivity index (χ4v) is 1.48. The van der Waals surface area contributed by atoms with Gasteiger partial charge in [-0.2, -0.15) is 11.8 Å². The molecule has 4 nitrogen and oxygen atoms in total. The van der Waals surface area contributed by atoms with Gasteiger partial charge in [0.05, 0.1) is 6.04 Å². The third-order valence-corrected chi connectivity index (χ3v) is 2.46. The van der Waals surface area contributed by atoms with E-state index in [1.54, 1.807) is 28.8 Å². The average Bonchev–Trinajstić information content (AvgIpc) is 2.66. The number of nitrogens with zero attached hydrogens (tertiary/aromatic N) is 1. The Labute approximate surface area is 87.8 Å². The Morgan fingerprint density at radius 2 is 2.21 bits per heavy atom. The second-order valence-electron chi connectivity index (χ2n) is 2.95. The molecule has 5 heteroatoms. The molecule has 0 aliphatic heterocycles. The molecular weight excluding hydrogens is 198 g/mol. The largest absolute Gasteiger partial charge is 0.320 e. The number of nitrogens with one attached hydrogen (secondary N) is 1. The van der Waals surface area contributed by atoms with Crippen molar-refractivity contribution in [2.75, 3.05) is 17.4 Å². The maximum absolute atomic E-state index is 11.5. The van der Waals surface area contributed by atoms with E-state index in [0.29, 0.717) is 6.42 Å². The molecule has 0 unspecified atom stereocenters. The monoisotopic (exact) mass is 213 g/mol. The van der Waals surface area contributed by atoms with Crippen LogP contribution in [0.4, 0.5) is 0 Å². The van der Waals surface area contributed by atoms with Crippen LogP contribution in [0.2, 0.25) is 0 Å². The van der Waals surface area contributed by atoms with Crippen molar-refractivity contribution in [3.8, 4) is 0 Å². The molecule has 0 aromatic carbocycles. The van der Waals surface area contributed by atoms with Crippen LogP contribution in [0.5, 0.6) is 0 Å². The molecule has 1 atom stereocenters. The molecule has 0 saturated heterocycles. The Morgan fingerprint density at radius 3 is 2.79 bits per heavy atom. The van der Waals surface area contributed by atoms with Gasteiger partial charge in [-0.3, -0.25) is 14.9 Å². The summed E-state index contributed by atoms with van der Waals surface area (Å²) in [4.78, 5) is 11.5. The SMILES string of the molecule is CSCC[C@H](N)C(=O)Nn1cccc1. The summed E-state index contributed by atoms with van der Waals surface area (Å²) < 4.78 is 1.60. The van der Waals surface area contributed by atoms with Gasteiger partial charge in [-0.15, -0.1) is 0 Å². The van der Waals surface area contributed by atoms with Crippen LogP contribution in [0.3, 0.4) is 0 Å². The van der Waals surface area contributed by atoms with Gasteiger partial charge in [-0.1, -0.05) is 0 Å². The molecule has 0 fully saturated rings. The number of hydrogen-bond donors (Lipinski definition) is 2. The van der Waals surface area contributed by atoms with Gasteiger partial charge < -0.3 is 5.73 Å². The number of amides is 1. The fraction of sp³-hybridized carbons (Fsp3) is 0.444. The van der Waals surface area contributed by atoms with E-state index in [0.717, 1.165) is 5.75 Å². The lowest BCUT2D eigenvalue weighted by Crippen LogP contribution is -2.39. The number of rotatable bonds is 5. The van der Waals surface area contributed by atoms with Crippen LogP contribution in [-0.2, 0) is 4.79 Å². The van der Waals surface area contributed by atoms with Gasteiger partial charge in [0.25, 0.3) is 5.91 Å². The first-order chi connectivity index (χ1) is 6.74. The molecule has 1 rings (SSSR count). The third-order valence-electron chi connectivity index (χ3n) is 1.81. The van der Waals surface area contributed by atoms with Crippen molar-refractivity contribution in [1.82, 2.24) is 4.68 Å². The van der Waals surface area contributed by atoms with Crippen molar-refractivity contribution in [2.24, 2.45) is 5.73 Å². The number of carbonyl (C=O) groups excluding carboxylic acids is 1. The summed E-state index contributed by atoms with van der Waals surface area (Å²) in [7, 11) is 0. The quantitative estimate of drug-likeness (QED) is 0.754. The predicted molar refractivity (Wildman–Crippen MR) is 59.8 cm³/mol. The average molecular weight is 213 g/mol. The summed E-state index contributed by atoms with van der Waals surface area (Å²) in [5, 5.41) is 0. The van der Waals surface area contributed by atoms with Gasteiger partial charge >= 0.3 is 0 Å². The molecule has 14 heavy (non-hydrogen) atoms. The highest BCUT2D eigenvalue weighted by Gasteiger charge is 2.12. The maximum atomic E-state index is 11.5. The van der Waals surface area contributed by atoms with Gasteiger partial charge in [-0.05, 0) is 30.6 Å². The van der Waals surface area contributed by atoms with Crippen LogP contribution < -0.4 is 11.2 Å². The zero-order chi connectivity index (χ0) is 10.4. The first-order valence-electron chi connectivity index (χ1n) is 4.42. The standard InChI is InChI=1S/C9H15N3OS/c1-14-7-4-8(10)9(13)11-12-5-2-3-6-12/h2-3,5-6,8H,4,7,10H2,1H3,(H,11,13)/t8-/m0/s1. The lowest BCUT2D eigenvalue weighted by Gasteiger charge is -2.11. The van der Waals surface area contributed by atoms with Gasteiger partial charge in [-0.25, -0.2) is 0 Å². The second-order valence-corrected chi connectivity index (χ2v) is 3.94. The highest BCUT2D eigenvalue weighted by atomic mass is 32.2. The van der Waals surface area contributed by atoms with Crippen LogP contribution in [0.15, 0.2) is 24.5 Å². The smallest absolute Gasteiger partial charge is 0.255 e. The first-order valence-corrected chi connectivity index (χ1v) is 5.82. The summed E-state index contributed by atoms with van der Waals surface area (Å²) >= 11 is 1.69. The molecule has 0 spiro atoms. The fourth-order valence-electron chi connectivity index (χ4n) is 0.995. The van der Waals surface area contributed by atoms with Crippen molar-refractivity contribution >= 4 is 17.7 Å². The number of aromatic nitrogens is 1. The van der Waals surface area contributed by atoms with Crippen molar-refractivity contribution in [2.45, 2.75) is 12.5 Å². The van der Waals surface area contributed by atoms with Crippen molar-refractivity contribution in [3.05, 3.63) is 24.5 Å². The third kappa shape index (κ3) is 3.43. The summed E-state index contributed by atoms with van der Waals surface area (Å²) in [5.74, 6) is 0.760. The summed E-state index contributed by atoms with van der Waals surface area (Å²) in [6, 6.07) is 3.26. The molecule has 1 aromatic rings. The number of thioether (sulfide) groups is 1. The topological polar surface area (TPSA) is 60.1 Å². The van der Waals surface area contributed by atoms with E-state index in [1.165, 1.54) is 0 Å². The van der Waals surface area contributed by atoms with E-state index < -0.39 is 6.04 Å². The minimum Gasteiger partial charge on any atom is -0.320 e. The van der Waals surface area contributed by atoms with E-state index in [1.807, 2.05) is 18.4 Å². The molecule has 0 bridgehead atoms. The molecule has 0 aliphatic rings. The van der Waals surface area contributed by atoms with Crippen LogP contribution in [0, 0.1) is 0 Å². The Hall–Kier alpha value is -0.940. The van der Waals surface area contributed by atoms with Crippen LogP contribution in [-0.4, -0.2) is 28.6 Å².